The van der Waals surface area contributed by atoms with Gasteiger partial charge in [-0.05, 0) is 56.2 Å². The number of ether oxygens (including phenoxy) is 1. The molecule has 3 fully saturated rings. The average Bonchev–Trinajstić information content (AvgIpc) is 3.90. The molecule has 0 spiro atoms. The second kappa shape index (κ2) is 13.3. The van der Waals surface area contributed by atoms with Crippen molar-refractivity contribution < 1.29 is 19.0 Å². The molecule has 2 aromatic heterocycles. The summed E-state index contributed by atoms with van der Waals surface area (Å²) < 4.78 is 27.6. The lowest BCUT2D eigenvalue weighted by Crippen LogP contribution is -2.47. The summed E-state index contributed by atoms with van der Waals surface area (Å²) in [5, 5.41) is 14.6. The van der Waals surface area contributed by atoms with E-state index in [1.807, 2.05) is 32.3 Å². The SMILES string of the molecule is CCn1c(CN2CCN(c3ccccc3OC)CC2)nn(CN2CCN(c3cc4c(cc3F)c(=O)c(C(=O)O)cn4C3CC3)CC2)c1=S. The van der Waals surface area contributed by atoms with Crippen LogP contribution in [-0.4, -0.2) is 99.3 Å². The number of hydrogen-bond donors (Lipinski definition) is 1. The van der Waals surface area contributed by atoms with E-state index in [4.69, 9.17) is 22.1 Å². The molecule has 48 heavy (non-hydrogen) atoms. The molecular formula is C34H41FN8O4S. The number of aromatic nitrogens is 4. The zero-order valence-electron chi connectivity index (χ0n) is 27.3. The molecule has 14 heteroatoms. The molecule has 2 aromatic carbocycles. The fourth-order valence-corrected chi connectivity index (χ4v) is 7.31. The summed E-state index contributed by atoms with van der Waals surface area (Å²) in [5.41, 5.74) is 1.16. The molecule has 1 saturated carbocycles. The molecule has 2 aliphatic heterocycles. The van der Waals surface area contributed by atoms with Crippen LogP contribution >= 0.6 is 12.2 Å². The zero-order valence-corrected chi connectivity index (χ0v) is 28.2. The Bertz CT molecular complexity index is 1950. The highest BCUT2D eigenvalue weighted by Crippen LogP contribution is 2.38. The van der Waals surface area contributed by atoms with Gasteiger partial charge in [-0.15, -0.1) is 0 Å². The number of halogens is 1. The van der Waals surface area contributed by atoms with Gasteiger partial charge >= 0.3 is 5.97 Å². The van der Waals surface area contributed by atoms with Gasteiger partial charge in [-0.3, -0.25) is 14.6 Å². The van der Waals surface area contributed by atoms with Crippen LogP contribution in [0.1, 0.15) is 42.0 Å². The van der Waals surface area contributed by atoms with Gasteiger partial charge in [-0.25, -0.2) is 13.9 Å². The maximum atomic E-state index is 15.5. The summed E-state index contributed by atoms with van der Waals surface area (Å²) in [4.78, 5) is 33.6. The van der Waals surface area contributed by atoms with Crippen LogP contribution in [0.3, 0.4) is 0 Å². The molecule has 3 aliphatic rings. The number of methoxy groups -OCH3 is 1. The van der Waals surface area contributed by atoms with Crippen molar-refractivity contribution in [2.75, 3.05) is 69.3 Å². The van der Waals surface area contributed by atoms with Crippen molar-refractivity contribution in [1.82, 2.24) is 28.7 Å². The zero-order chi connectivity index (χ0) is 33.5. The number of para-hydroxylation sites is 2. The first-order valence-electron chi connectivity index (χ1n) is 16.6. The predicted molar refractivity (Wildman–Crippen MR) is 184 cm³/mol. The molecule has 0 amide bonds. The van der Waals surface area contributed by atoms with Crippen LogP contribution in [0.15, 0.2) is 47.4 Å². The molecule has 7 rings (SSSR count). The fraction of sp³-hybridized carbons (Fsp3) is 0.471. The first-order chi connectivity index (χ1) is 23.2. The van der Waals surface area contributed by atoms with Gasteiger partial charge < -0.3 is 28.8 Å². The number of nitrogens with zero attached hydrogens (tertiary/aromatic N) is 8. The minimum atomic E-state index is -1.30. The summed E-state index contributed by atoms with van der Waals surface area (Å²) in [7, 11) is 1.71. The highest BCUT2D eigenvalue weighted by Gasteiger charge is 2.29. The maximum absolute atomic E-state index is 15.5. The number of piperazine rings is 2. The number of pyridine rings is 1. The number of carboxylic acid groups (broad SMARTS) is 1. The van der Waals surface area contributed by atoms with Crippen molar-refractivity contribution >= 4 is 40.5 Å². The third kappa shape index (κ3) is 6.19. The van der Waals surface area contributed by atoms with Crippen molar-refractivity contribution in [2.45, 2.75) is 45.6 Å². The molecule has 1 aliphatic carbocycles. The Labute approximate surface area is 283 Å². The minimum Gasteiger partial charge on any atom is -0.495 e. The lowest BCUT2D eigenvalue weighted by molar-refractivity contribution is 0.0694. The third-order valence-electron chi connectivity index (χ3n) is 9.80. The second-order valence-corrected chi connectivity index (χ2v) is 13.1. The summed E-state index contributed by atoms with van der Waals surface area (Å²) >= 11 is 5.87. The number of aromatic carboxylic acids is 1. The molecule has 0 bridgehead atoms. The van der Waals surface area contributed by atoms with E-state index in [2.05, 4.69) is 32.3 Å². The number of rotatable bonds is 10. The van der Waals surface area contributed by atoms with Crippen LogP contribution in [0.4, 0.5) is 15.8 Å². The van der Waals surface area contributed by atoms with E-state index in [0.29, 0.717) is 48.8 Å². The van der Waals surface area contributed by atoms with Crippen molar-refractivity contribution in [1.29, 1.82) is 0 Å². The first kappa shape index (κ1) is 32.3. The van der Waals surface area contributed by atoms with Gasteiger partial charge in [-0.1, -0.05) is 12.1 Å². The van der Waals surface area contributed by atoms with E-state index in [-0.39, 0.29) is 17.0 Å². The second-order valence-electron chi connectivity index (χ2n) is 12.8. The van der Waals surface area contributed by atoms with Gasteiger partial charge in [0, 0.05) is 76.5 Å². The average molecular weight is 677 g/mol. The molecule has 0 unspecified atom stereocenters. The lowest BCUT2D eigenvalue weighted by Gasteiger charge is -2.36. The summed E-state index contributed by atoms with van der Waals surface area (Å²) in [6, 6.07) is 11.2. The van der Waals surface area contributed by atoms with Crippen LogP contribution in [0.2, 0.25) is 0 Å². The molecule has 4 heterocycles. The van der Waals surface area contributed by atoms with Crippen LogP contribution < -0.4 is 20.0 Å². The monoisotopic (exact) mass is 676 g/mol. The van der Waals surface area contributed by atoms with E-state index >= 15 is 4.39 Å². The maximum Gasteiger partial charge on any atom is 0.341 e. The van der Waals surface area contributed by atoms with Crippen LogP contribution in [0.5, 0.6) is 5.75 Å². The first-order valence-corrected chi connectivity index (χ1v) is 17.0. The predicted octanol–water partition coefficient (Wildman–Crippen LogP) is 4.03. The molecule has 12 nitrogen and oxygen atoms in total. The summed E-state index contributed by atoms with van der Waals surface area (Å²) in [6.07, 6.45) is 3.22. The van der Waals surface area contributed by atoms with Gasteiger partial charge in [0.15, 0.2) is 4.77 Å². The number of carboxylic acids is 1. The number of benzene rings is 2. The van der Waals surface area contributed by atoms with E-state index in [1.165, 1.54) is 12.3 Å². The van der Waals surface area contributed by atoms with E-state index < -0.39 is 17.2 Å². The summed E-state index contributed by atoms with van der Waals surface area (Å²) in [5.74, 6) is 0.0344. The number of anilines is 2. The number of fused-ring (bicyclic) bond motifs is 1. The van der Waals surface area contributed by atoms with Crippen LogP contribution in [-0.2, 0) is 19.8 Å². The molecule has 1 N–H and O–H groups in total. The van der Waals surface area contributed by atoms with E-state index in [9.17, 15) is 14.7 Å². The Kier molecular flexibility index (Phi) is 8.96. The molecular weight excluding hydrogens is 635 g/mol. The number of carbonyl (C=O) groups is 1. The smallest absolute Gasteiger partial charge is 0.341 e. The Morgan fingerprint density at radius 1 is 1.00 bits per heavy atom. The standard InChI is InChI=1S/C34H41FN8O4S/c1-3-41-31(21-37-10-14-39(15-11-37)27-6-4-5-7-30(27)47-2)36-43(34(41)48)22-38-12-16-40(17-13-38)29-19-28-24(18-26(29)35)32(44)25(33(45)46)20-42(28)23-8-9-23/h4-7,18-20,23H,3,8-17,21-22H2,1-2H3,(H,45,46). The lowest BCUT2D eigenvalue weighted by atomic mass is 10.1. The van der Waals surface area contributed by atoms with Crippen molar-refractivity contribution in [3.63, 3.8) is 0 Å². The van der Waals surface area contributed by atoms with E-state index in [0.717, 1.165) is 69.4 Å². The summed E-state index contributed by atoms with van der Waals surface area (Å²) in [6.45, 7) is 10.3. The highest BCUT2D eigenvalue weighted by molar-refractivity contribution is 7.71. The molecule has 0 radical (unpaired) electrons. The van der Waals surface area contributed by atoms with Crippen LogP contribution in [0, 0.1) is 10.6 Å². The van der Waals surface area contributed by atoms with Gasteiger partial charge in [0.1, 0.15) is 23.0 Å². The Balaban J connectivity index is 1.01. The molecule has 4 aromatic rings. The van der Waals surface area contributed by atoms with Crippen molar-refractivity contribution in [3.05, 3.63) is 74.8 Å². The number of hydrogen-bond acceptors (Lipinski definition) is 9. The Morgan fingerprint density at radius 2 is 1.67 bits per heavy atom. The van der Waals surface area contributed by atoms with Crippen LogP contribution in [0.25, 0.3) is 10.9 Å². The molecule has 2 saturated heterocycles. The third-order valence-corrected chi connectivity index (χ3v) is 10.2. The van der Waals surface area contributed by atoms with Gasteiger partial charge in [0.25, 0.3) is 0 Å². The Morgan fingerprint density at radius 3 is 2.31 bits per heavy atom. The van der Waals surface area contributed by atoms with Crippen molar-refractivity contribution in [3.8, 4) is 5.75 Å². The topological polar surface area (TPSA) is 104 Å². The highest BCUT2D eigenvalue weighted by atomic mass is 32.1. The van der Waals surface area contributed by atoms with Gasteiger partial charge in [0.2, 0.25) is 5.43 Å². The normalized spacial score (nSPS) is 17.7. The van der Waals surface area contributed by atoms with Gasteiger partial charge in [0.05, 0.1) is 37.2 Å². The quantitative estimate of drug-likeness (QED) is 0.248. The largest absolute Gasteiger partial charge is 0.495 e. The Hall–Kier alpha value is -4.27. The fourth-order valence-electron chi connectivity index (χ4n) is 6.98. The van der Waals surface area contributed by atoms with Crippen molar-refractivity contribution in [2.24, 2.45) is 0 Å². The van der Waals surface area contributed by atoms with Gasteiger partial charge in [-0.2, -0.15) is 5.10 Å². The minimum absolute atomic E-state index is 0.108. The molecule has 0 atom stereocenters. The van der Waals surface area contributed by atoms with E-state index in [1.54, 1.807) is 13.2 Å². The molecule has 254 valence electrons.